The van der Waals surface area contributed by atoms with Gasteiger partial charge in [0.1, 0.15) is 0 Å². The molecule has 1 aromatic heterocycles. The molecule has 3 heterocycles. The van der Waals surface area contributed by atoms with Gasteiger partial charge in [-0.3, -0.25) is 9.80 Å². The van der Waals surface area contributed by atoms with Crippen molar-refractivity contribution in [3.8, 4) is 17.8 Å². The van der Waals surface area contributed by atoms with Crippen molar-refractivity contribution in [2.75, 3.05) is 33.9 Å². The fourth-order valence-electron chi connectivity index (χ4n) is 5.78. The van der Waals surface area contributed by atoms with E-state index in [1.54, 1.807) is 14.2 Å². The topological polar surface area (TPSA) is 60.0 Å². The van der Waals surface area contributed by atoms with E-state index >= 15 is 0 Å². The molecule has 3 aromatic rings. The molecule has 1 radical (unpaired) electrons. The molecule has 37 heavy (non-hydrogen) atoms. The third-order valence-electron chi connectivity index (χ3n) is 7.31. The van der Waals surface area contributed by atoms with Crippen LogP contribution in [0.25, 0.3) is 0 Å². The van der Waals surface area contributed by atoms with E-state index in [9.17, 15) is 0 Å². The zero-order chi connectivity index (χ0) is 25.8. The summed E-state index contributed by atoms with van der Waals surface area (Å²) in [5.41, 5.74) is 3.56. The summed E-state index contributed by atoms with van der Waals surface area (Å²) in [4.78, 5) is 14.2. The Bertz CT molecular complexity index is 1120. The summed E-state index contributed by atoms with van der Waals surface area (Å²) in [6, 6.07) is 22.9. The fraction of sp³-hybridized carbons (Fsp3) is 0.433. The first-order valence-corrected chi connectivity index (χ1v) is 13.1. The number of hydrogen-bond donors (Lipinski definition) is 0. The Labute approximate surface area is 220 Å². The van der Waals surface area contributed by atoms with Crippen LogP contribution < -0.4 is 14.2 Å². The van der Waals surface area contributed by atoms with Crippen LogP contribution in [-0.2, 0) is 6.54 Å². The van der Waals surface area contributed by atoms with Crippen molar-refractivity contribution in [2.24, 2.45) is 0 Å². The number of fused-ring (bicyclic) bond motifs is 1. The molecule has 2 fully saturated rings. The van der Waals surface area contributed by atoms with Crippen molar-refractivity contribution in [3.63, 3.8) is 0 Å². The first-order chi connectivity index (χ1) is 18.1. The molecule has 195 valence electrons. The maximum Gasteiger partial charge on any atom is 0.322 e. The molecule has 2 saturated heterocycles. The molecule has 2 unspecified atom stereocenters. The smallest absolute Gasteiger partial charge is 0.322 e. The van der Waals surface area contributed by atoms with Crippen LogP contribution in [0.15, 0.2) is 60.7 Å². The molecule has 7 heteroatoms. The van der Waals surface area contributed by atoms with Crippen LogP contribution in [0.1, 0.15) is 42.9 Å². The predicted octanol–water partition coefficient (Wildman–Crippen LogP) is 4.58. The highest BCUT2D eigenvalue weighted by Crippen LogP contribution is 2.39. The zero-order valence-corrected chi connectivity index (χ0v) is 22.2. The molecule has 5 rings (SSSR count). The summed E-state index contributed by atoms with van der Waals surface area (Å²) in [6.45, 7) is 7.55. The first kappa shape index (κ1) is 25.5. The van der Waals surface area contributed by atoms with Crippen LogP contribution in [0, 0.1) is 6.42 Å². The Hall–Kier alpha value is -3.16. The van der Waals surface area contributed by atoms with Gasteiger partial charge in [-0.25, -0.2) is 0 Å². The van der Waals surface area contributed by atoms with Crippen molar-refractivity contribution in [1.29, 1.82) is 0 Å². The molecule has 2 aromatic carbocycles. The number of rotatable bonds is 9. The molecule has 0 saturated carbocycles. The lowest BCUT2D eigenvalue weighted by Crippen LogP contribution is -2.57. The minimum atomic E-state index is -0.0300. The van der Waals surface area contributed by atoms with Crippen LogP contribution in [0.3, 0.4) is 0 Å². The SMILES string of the molecule is COc1nc(OC)c(CN2CC3C[CH]CN3C(C(c3ccccc3)c3ccccc3)C2)c(OC(C)C)n1. The highest BCUT2D eigenvalue weighted by molar-refractivity contribution is 5.38. The van der Waals surface area contributed by atoms with Gasteiger partial charge in [-0.1, -0.05) is 60.7 Å². The summed E-state index contributed by atoms with van der Waals surface area (Å²) in [5.74, 6) is 1.29. The van der Waals surface area contributed by atoms with Gasteiger partial charge in [0.15, 0.2) is 0 Å². The Morgan fingerprint density at radius 1 is 0.865 bits per heavy atom. The number of piperazine rings is 1. The van der Waals surface area contributed by atoms with Crippen LogP contribution >= 0.6 is 0 Å². The van der Waals surface area contributed by atoms with Crippen LogP contribution in [-0.4, -0.2) is 71.8 Å². The van der Waals surface area contributed by atoms with Crippen molar-refractivity contribution in [3.05, 3.63) is 83.8 Å². The minimum Gasteiger partial charge on any atom is -0.481 e. The normalized spacial score (nSPS) is 20.3. The third kappa shape index (κ3) is 5.58. The van der Waals surface area contributed by atoms with Gasteiger partial charge in [0.2, 0.25) is 11.8 Å². The Kier molecular flexibility index (Phi) is 7.91. The lowest BCUT2D eigenvalue weighted by Gasteiger charge is -2.47. The second-order valence-corrected chi connectivity index (χ2v) is 10.1. The van der Waals surface area contributed by atoms with E-state index in [0.717, 1.165) is 31.6 Å². The maximum atomic E-state index is 6.12. The van der Waals surface area contributed by atoms with Gasteiger partial charge in [0.25, 0.3) is 0 Å². The largest absolute Gasteiger partial charge is 0.481 e. The summed E-state index contributed by atoms with van der Waals surface area (Å²) >= 11 is 0. The minimum absolute atomic E-state index is 0.0300. The number of ether oxygens (including phenoxy) is 3. The highest BCUT2D eigenvalue weighted by Gasteiger charge is 2.42. The molecule has 2 aliphatic rings. The Balaban J connectivity index is 1.51. The second kappa shape index (κ2) is 11.5. The van der Waals surface area contributed by atoms with E-state index in [2.05, 4.69) is 86.9 Å². The average molecular weight is 502 g/mol. The van der Waals surface area contributed by atoms with E-state index in [1.807, 2.05) is 13.8 Å². The van der Waals surface area contributed by atoms with Crippen molar-refractivity contribution < 1.29 is 14.2 Å². The van der Waals surface area contributed by atoms with E-state index in [0.29, 0.717) is 30.4 Å². The number of benzene rings is 2. The van der Waals surface area contributed by atoms with Gasteiger partial charge in [0.05, 0.1) is 25.9 Å². The second-order valence-electron chi connectivity index (χ2n) is 10.1. The molecule has 2 aliphatic heterocycles. The molecular formula is C30H37N4O3. The van der Waals surface area contributed by atoms with E-state index in [4.69, 9.17) is 14.2 Å². The molecule has 0 N–H and O–H groups in total. The van der Waals surface area contributed by atoms with E-state index < -0.39 is 0 Å². The number of nitrogens with zero attached hydrogens (tertiary/aromatic N) is 4. The number of aromatic nitrogens is 2. The van der Waals surface area contributed by atoms with Crippen molar-refractivity contribution in [2.45, 2.75) is 50.9 Å². The lowest BCUT2D eigenvalue weighted by molar-refractivity contribution is 0.0374. The average Bonchev–Trinajstić information content (AvgIpc) is 3.39. The van der Waals surface area contributed by atoms with Crippen molar-refractivity contribution in [1.82, 2.24) is 19.8 Å². The molecule has 0 aliphatic carbocycles. The standard InChI is InChI=1S/C30H37N4O3/c1-21(2)37-29-25(28(35-3)31-30(32-29)36-4)19-33-18-24-16-11-17-34(24)26(20-33)27(22-12-7-5-8-13-22)23-14-9-6-10-15-23/h5-15,21,24,26-27H,16-20H2,1-4H3. The van der Waals surface area contributed by atoms with Crippen LogP contribution in [0.5, 0.6) is 17.8 Å². The number of hydrogen-bond acceptors (Lipinski definition) is 7. The lowest BCUT2D eigenvalue weighted by atomic mass is 9.82. The summed E-state index contributed by atoms with van der Waals surface area (Å²) in [7, 11) is 3.19. The molecule has 0 spiro atoms. The van der Waals surface area contributed by atoms with Gasteiger partial charge >= 0.3 is 6.01 Å². The van der Waals surface area contributed by atoms with Gasteiger partial charge < -0.3 is 14.2 Å². The summed E-state index contributed by atoms with van der Waals surface area (Å²) in [5, 5.41) is 0. The van der Waals surface area contributed by atoms with Crippen LogP contribution in [0.4, 0.5) is 0 Å². The zero-order valence-electron chi connectivity index (χ0n) is 22.2. The predicted molar refractivity (Wildman–Crippen MR) is 144 cm³/mol. The molecule has 0 bridgehead atoms. The number of methoxy groups -OCH3 is 2. The monoisotopic (exact) mass is 501 g/mol. The van der Waals surface area contributed by atoms with Crippen LogP contribution in [0.2, 0.25) is 0 Å². The Morgan fingerprint density at radius 3 is 2.11 bits per heavy atom. The van der Waals surface area contributed by atoms with Gasteiger partial charge in [-0.05, 0) is 37.8 Å². The van der Waals surface area contributed by atoms with Gasteiger partial charge in [-0.15, -0.1) is 0 Å². The van der Waals surface area contributed by atoms with Gasteiger partial charge in [0, 0.05) is 44.2 Å². The van der Waals surface area contributed by atoms with Crippen molar-refractivity contribution >= 4 is 0 Å². The first-order valence-electron chi connectivity index (χ1n) is 13.1. The highest BCUT2D eigenvalue weighted by atomic mass is 16.5. The Morgan fingerprint density at radius 2 is 1.51 bits per heavy atom. The van der Waals surface area contributed by atoms with E-state index in [1.165, 1.54) is 11.1 Å². The molecular weight excluding hydrogens is 464 g/mol. The van der Waals surface area contributed by atoms with E-state index in [-0.39, 0.29) is 18.0 Å². The van der Waals surface area contributed by atoms with Gasteiger partial charge in [-0.2, -0.15) is 9.97 Å². The quantitative estimate of drug-likeness (QED) is 0.425. The molecule has 7 nitrogen and oxygen atoms in total. The third-order valence-corrected chi connectivity index (χ3v) is 7.31. The molecule has 2 atom stereocenters. The summed E-state index contributed by atoms with van der Waals surface area (Å²) < 4.78 is 17.1. The fourth-order valence-corrected chi connectivity index (χ4v) is 5.78. The summed E-state index contributed by atoms with van der Waals surface area (Å²) in [6.07, 6.45) is 3.49. The maximum absolute atomic E-state index is 6.12. The molecule has 0 amide bonds.